The molecule has 6 nitrogen and oxygen atoms in total. The molecule has 144 valence electrons. The van der Waals surface area contributed by atoms with Gasteiger partial charge in [0.1, 0.15) is 5.75 Å². The molecule has 0 spiro atoms. The SMILES string of the molecule is CCc1ccc(OS(=O)(=O)C(F)(F)C(F)(F)C(F)(F)S(=O)(=O)[O-])cc1. The van der Waals surface area contributed by atoms with Crippen LogP contribution in [0.4, 0.5) is 26.3 Å². The summed E-state index contributed by atoms with van der Waals surface area (Å²) in [7, 11) is -14.1. The molecule has 0 unspecified atom stereocenters. The van der Waals surface area contributed by atoms with E-state index in [0.29, 0.717) is 12.0 Å². The van der Waals surface area contributed by atoms with Crippen LogP contribution >= 0.6 is 0 Å². The maximum absolute atomic E-state index is 13.5. The maximum Gasteiger partial charge on any atom is 0.450 e. The molecule has 0 aromatic heterocycles. The highest BCUT2D eigenvalue weighted by Gasteiger charge is 2.81. The number of aryl methyl sites for hydroxylation is 1. The van der Waals surface area contributed by atoms with Gasteiger partial charge in [0.2, 0.25) is 0 Å². The molecule has 0 N–H and O–H groups in total. The summed E-state index contributed by atoms with van der Waals surface area (Å²) >= 11 is 0. The summed E-state index contributed by atoms with van der Waals surface area (Å²) in [5, 5.41) is -13.6. The van der Waals surface area contributed by atoms with Gasteiger partial charge in [-0.1, -0.05) is 19.1 Å². The second-order valence-electron chi connectivity index (χ2n) is 4.60. The first kappa shape index (κ1) is 21.5. The molecule has 1 aromatic rings. The van der Waals surface area contributed by atoms with Crippen molar-refractivity contribution in [2.24, 2.45) is 0 Å². The Balaban J connectivity index is 3.33. The minimum atomic E-state index is -7.32. The summed E-state index contributed by atoms with van der Waals surface area (Å²) in [6.45, 7) is 1.67. The van der Waals surface area contributed by atoms with Crippen molar-refractivity contribution in [3.8, 4) is 5.75 Å². The van der Waals surface area contributed by atoms with Crippen LogP contribution in [0.5, 0.6) is 5.75 Å². The van der Waals surface area contributed by atoms with Gasteiger partial charge in [-0.3, -0.25) is 0 Å². The third kappa shape index (κ3) is 3.55. The van der Waals surface area contributed by atoms with Crippen LogP contribution in [0, 0.1) is 0 Å². The van der Waals surface area contributed by atoms with Crippen molar-refractivity contribution >= 4 is 20.2 Å². The largest absolute Gasteiger partial charge is 0.743 e. The molecule has 1 aromatic carbocycles. The Bertz CT molecular complexity index is 832. The zero-order valence-electron chi connectivity index (χ0n) is 12.1. The van der Waals surface area contributed by atoms with Crippen LogP contribution in [-0.4, -0.2) is 37.8 Å². The summed E-state index contributed by atoms with van der Waals surface area (Å²) in [5.41, 5.74) is 0.575. The van der Waals surface area contributed by atoms with Crippen molar-refractivity contribution < 1.29 is 51.9 Å². The second-order valence-corrected chi connectivity index (χ2v) is 7.61. The van der Waals surface area contributed by atoms with Crippen LogP contribution in [0.15, 0.2) is 24.3 Å². The lowest BCUT2D eigenvalue weighted by molar-refractivity contribution is -0.247. The first-order valence-corrected chi connectivity index (χ1v) is 8.94. The molecule has 0 amide bonds. The zero-order valence-corrected chi connectivity index (χ0v) is 13.7. The van der Waals surface area contributed by atoms with Crippen molar-refractivity contribution in [1.29, 1.82) is 0 Å². The molecule has 0 saturated carbocycles. The highest BCUT2D eigenvalue weighted by molar-refractivity contribution is 7.88. The number of hydrogen-bond acceptors (Lipinski definition) is 6. The lowest BCUT2D eigenvalue weighted by Gasteiger charge is -2.32. The predicted molar refractivity (Wildman–Crippen MR) is 69.9 cm³/mol. The van der Waals surface area contributed by atoms with E-state index >= 15 is 0 Å². The third-order valence-electron chi connectivity index (χ3n) is 2.90. The van der Waals surface area contributed by atoms with E-state index in [4.69, 9.17) is 0 Å². The van der Waals surface area contributed by atoms with E-state index in [9.17, 15) is 47.7 Å². The average Bonchev–Trinajstić information content (AvgIpc) is 2.45. The zero-order chi connectivity index (χ0) is 19.9. The van der Waals surface area contributed by atoms with E-state index in [1.165, 1.54) is 12.1 Å². The highest BCUT2D eigenvalue weighted by Crippen LogP contribution is 2.50. The van der Waals surface area contributed by atoms with Gasteiger partial charge in [-0.15, -0.1) is 0 Å². The Morgan fingerprint density at radius 3 is 1.72 bits per heavy atom. The molecule has 0 aliphatic heterocycles. The van der Waals surface area contributed by atoms with Gasteiger partial charge in [-0.25, -0.2) is 8.42 Å². The quantitative estimate of drug-likeness (QED) is 0.385. The van der Waals surface area contributed by atoms with Crippen molar-refractivity contribution in [2.75, 3.05) is 0 Å². The Labute approximate surface area is 138 Å². The van der Waals surface area contributed by atoms with Crippen LogP contribution in [0.1, 0.15) is 12.5 Å². The fourth-order valence-electron chi connectivity index (χ4n) is 1.44. The second kappa shape index (κ2) is 6.32. The highest BCUT2D eigenvalue weighted by atomic mass is 32.2. The van der Waals surface area contributed by atoms with E-state index < -0.39 is 42.4 Å². The van der Waals surface area contributed by atoms with Gasteiger partial charge in [0.25, 0.3) is 0 Å². The number of benzene rings is 1. The fraction of sp³-hybridized carbons (Fsp3) is 0.455. The lowest BCUT2D eigenvalue weighted by atomic mass is 10.2. The molecule has 25 heavy (non-hydrogen) atoms. The molecular weight excluding hydrogens is 406 g/mol. The summed E-state index contributed by atoms with van der Waals surface area (Å²) in [6, 6.07) is 3.93. The molecule has 1 rings (SSSR count). The molecule has 14 heteroatoms. The number of halogens is 6. The fourth-order valence-corrected chi connectivity index (χ4v) is 2.86. The van der Waals surface area contributed by atoms with Crippen molar-refractivity contribution in [3.63, 3.8) is 0 Å². The molecule has 0 radical (unpaired) electrons. The smallest absolute Gasteiger partial charge is 0.450 e. The van der Waals surface area contributed by atoms with Crippen LogP contribution in [0.25, 0.3) is 0 Å². The number of hydrogen-bond donors (Lipinski definition) is 0. The minimum absolute atomic E-state index is 0.439. The lowest BCUT2D eigenvalue weighted by Crippen LogP contribution is -2.61. The Morgan fingerprint density at radius 1 is 0.920 bits per heavy atom. The first-order valence-electron chi connectivity index (χ1n) is 6.13. The van der Waals surface area contributed by atoms with Crippen molar-refractivity contribution in [2.45, 2.75) is 29.8 Å². The molecule has 0 bridgehead atoms. The Hall–Kier alpha value is -1.54. The van der Waals surface area contributed by atoms with Gasteiger partial charge in [0.15, 0.2) is 10.1 Å². The van der Waals surface area contributed by atoms with E-state index in [1.807, 2.05) is 0 Å². The maximum atomic E-state index is 13.5. The molecule has 0 aliphatic carbocycles. The van der Waals surface area contributed by atoms with Crippen LogP contribution < -0.4 is 4.18 Å². The van der Waals surface area contributed by atoms with Gasteiger partial charge in [0.05, 0.1) is 0 Å². The topological polar surface area (TPSA) is 101 Å². The van der Waals surface area contributed by atoms with Crippen molar-refractivity contribution in [1.82, 2.24) is 0 Å². The van der Waals surface area contributed by atoms with E-state index in [0.717, 1.165) is 12.1 Å². The molecule has 0 atom stereocenters. The number of alkyl halides is 6. The summed E-state index contributed by atoms with van der Waals surface area (Å²) in [6.07, 6.45) is 0.439. The van der Waals surface area contributed by atoms with Gasteiger partial charge in [-0.05, 0) is 24.1 Å². The van der Waals surface area contributed by atoms with Gasteiger partial charge < -0.3 is 8.74 Å². The Kier molecular flexibility index (Phi) is 5.43. The minimum Gasteiger partial charge on any atom is -0.743 e. The standard InChI is InChI=1S/C11H10F6O6S2/c1-2-7-3-5-8(6-4-7)23-25(21,22)11(16,17)9(12,13)10(14,15)24(18,19)20/h3-6H,2H2,1H3,(H,18,19,20)/p-1. The summed E-state index contributed by atoms with van der Waals surface area (Å²) in [4.78, 5) is 0. The molecule has 0 aliphatic rings. The van der Waals surface area contributed by atoms with Crippen LogP contribution in [0.2, 0.25) is 0 Å². The molecule has 0 fully saturated rings. The molecule has 0 saturated heterocycles. The average molecular weight is 415 g/mol. The normalized spacial score (nSPS) is 14.4. The van der Waals surface area contributed by atoms with E-state index in [-0.39, 0.29) is 0 Å². The third-order valence-corrected chi connectivity index (χ3v) is 5.08. The van der Waals surface area contributed by atoms with Crippen LogP contribution in [-0.2, 0) is 26.7 Å². The van der Waals surface area contributed by atoms with E-state index in [1.54, 1.807) is 6.92 Å². The molecular formula is C11H9F6O6S2-. The number of rotatable bonds is 7. The summed E-state index contributed by atoms with van der Waals surface area (Å²) in [5.74, 6) is -8.01. The first-order chi connectivity index (χ1) is 11.0. The predicted octanol–water partition coefficient (Wildman–Crippen LogP) is 2.32. The molecule has 0 heterocycles. The van der Waals surface area contributed by atoms with Gasteiger partial charge in [0, 0.05) is 0 Å². The van der Waals surface area contributed by atoms with Gasteiger partial charge in [-0.2, -0.15) is 34.8 Å². The van der Waals surface area contributed by atoms with E-state index in [2.05, 4.69) is 4.18 Å². The van der Waals surface area contributed by atoms with Crippen LogP contribution in [0.3, 0.4) is 0 Å². The monoisotopic (exact) mass is 415 g/mol. The van der Waals surface area contributed by atoms with Crippen molar-refractivity contribution in [3.05, 3.63) is 29.8 Å². The Morgan fingerprint density at radius 2 is 1.36 bits per heavy atom. The summed E-state index contributed by atoms with van der Waals surface area (Å²) < 4.78 is 136. The van der Waals surface area contributed by atoms with Gasteiger partial charge >= 0.3 is 26.5 Å².